The van der Waals surface area contributed by atoms with Crippen LogP contribution in [0.2, 0.25) is 0 Å². The molecule has 0 aliphatic heterocycles. The monoisotopic (exact) mass is 199 g/mol. The van der Waals surface area contributed by atoms with Crippen molar-refractivity contribution in [1.82, 2.24) is 0 Å². The normalized spacial score (nSPS) is 10.8. The fraction of sp³-hybridized carbons (Fsp3) is 0.286. The van der Waals surface area contributed by atoms with Gasteiger partial charge < -0.3 is 5.73 Å². The molecule has 1 nitrogen and oxygen atoms in total. The van der Waals surface area contributed by atoms with Crippen molar-refractivity contribution in [2.45, 2.75) is 19.8 Å². The van der Waals surface area contributed by atoms with Crippen molar-refractivity contribution in [3.8, 4) is 0 Å². The van der Waals surface area contributed by atoms with Crippen LogP contribution in [0.15, 0.2) is 36.4 Å². The molecule has 0 aromatic heterocycles. The lowest BCUT2D eigenvalue weighted by Gasteiger charge is -2.09. The Bertz CT molecular complexity index is 460. The minimum Gasteiger partial charge on any atom is -0.330 e. The number of aryl methyl sites for hydroxylation is 1. The van der Waals surface area contributed by atoms with E-state index in [9.17, 15) is 0 Å². The molecule has 0 radical (unpaired) electrons. The fourth-order valence-corrected chi connectivity index (χ4v) is 2.11. The maximum absolute atomic E-state index is 5.62. The maximum atomic E-state index is 5.62. The van der Waals surface area contributed by atoms with Crippen molar-refractivity contribution < 1.29 is 0 Å². The minimum atomic E-state index is 0.718. The number of benzene rings is 2. The second kappa shape index (κ2) is 4.45. The third kappa shape index (κ3) is 1.88. The van der Waals surface area contributed by atoms with Crippen LogP contribution in [0.1, 0.15) is 18.1 Å². The van der Waals surface area contributed by atoms with Crippen LogP contribution in [0.3, 0.4) is 0 Å². The Hall–Kier alpha value is -1.34. The summed E-state index contributed by atoms with van der Waals surface area (Å²) >= 11 is 0. The Morgan fingerprint density at radius 2 is 1.53 bits per heavy atom. The van der Waals surface area contributed by atoms with E-state index in [4.69, 9.17) is 5.73 Å². The summed E-state index contributed by atoms with van der Waals surface area (Å²) in [4.78, 5) is 0. The van der Waals surface area contributed by atoms with Crippen LogP contribution in [0.25, 0.3) is 10.8 Å². The molecular weight excluding hydrogens is 182 g/mol. The third-order valence-electron chi connectivity index (χ3n) is 2.90. The first-order valence-corrected chi connectivity index (χ1v) is 5.56. The van der Waals surface area contributed by atoms with Crippen LogP contribution in [0.4, 0.5) is 0 Å². The van der Waals surface area contributed by atoms with E-state index in [-0.39, 0.29) is 0 Å². The van der Waals surface area contributed by atoms with Gasteiger partial charge in [-0.25, -0.2) is 0 Å². The van der Waals surface area contributed by atoms with Gasteiger partial charge in [0.15, 0.2) is 0 Å². The summed E-state index contributed by atoms with van der Waals surface area (Å²) in [6.45, 7) is 2.92. The first-order valence-electron chi connectivity index (χ1n) is 5.56. The molecule has 0 bridgehead atoms. The van der Waals surface area contributed by atoms with Crippen molar-refractivity contribution in [1.29, 1.82) is 0 Å². The summed E-state index contributed by atoms with van der Waals surface area (Å²) in [6.07, 6.45) is 2.05. The fourth-order valence-electron chi connectivity index (χ4n) is 2.11. The average Bonchev–Trinajstić information content (AvgIpc) is 2.30. The quantitative estimate of drug-likeness (QED) is 0.808. The summed E-state index contributed by atoms with van der Waals surface area (Å²) < 4.78 is 0. The van der Waals surface area contributed by atoms with Crippen LogP contribution in [-0.4, -0.2) is 6.54 Å². The lowest BCUT2D eigenvalue weighted by Crippen LogP contribution is -2.03. The van der Waals surface area contributed by atoms with Crippen LogP contribution in [0.5, 0.6) is 0 Å². The first-order chi connectivity index (χ1) is 7.36. The summed E-state index contributed by atoms with van der Waals surface area (Å²) in [5.74, 6) is 0. The molecule has 0 saturated heterocycles. The molecule has 0 spiro atoms. The van der Waals surface area contributed by atoms with Crippen molar-refractivity contribution in [3.63, 3.8) is 0 Å². The molecule has 0 fully saturated rings. The molecule has 0 unspecified atom stereocenters. The summed E-state index contributed by atoms with van der Waals surface area (Å²) in [5, 5.41) is 2.74. The Labute approximate surface area is 90.9 Å². The molecule has 78 valence electrons. The Morgan fingerprint density at radius 1 is 0.933 bits per heavy atom. The summed E-state index contributed by atoms with van der Waals surface area (Å²) in [7, 11) is 0. The van der Waals surface area contributed by atoms with E-state index in [1.807, 2.05) is 0 Å². The van der Waals surface area contributed by atoms with Gasteiger partial charge in [0.1, 0.15) is 0 Å². The Balaban J connectivity index is 2.66. The van der Waals surface area contributed by atoms with Gasteiger partial charge in [-0.3, -0.25) is 0 Å². The highest BCUT2D eigenvalue weighted by Gasteiger charge is 2.03. The lowest BCUT2D eigenvalue weighted by molar-refractivity contribution is 0.975. The van der Waals surface area contributed by atoms with Crippen LogP contribution < -0.4 is 5.73 Å². The molecule has 2 aromatic rings. The Morgan fingerprint density at radius 3 is 2.13 bits per heavy atom. The molecule has 0 saturated carbocycles. The van der Waals surface area contributed by atoms with Crippen LogP contribution in [-0.2, 0) is 12.8 Å². The molecule has 2 aromatic carbocycles. The van der Waals surface area contributed by atoms with Gasteiger partial charge in [-0.05, 0) is 41.3 Å². The highest BCUT2D eigenvalue weighted by molar-refractivity contribution is 5.88. The Kier molecular flexibility index (Phi) is 3.02. The van der Waals surface area contributed by atoms with Crippen molar-refractivity contribution in [3.05, 3.63) is 47.5 Å². The molecule has 0 atom stereocenters. The van der Waals surface area contributed by atoms with E-state index in [2.05, 4.69) is 43.3 Å². The molecule has 1 heteroatoms. The lowest BCUT2D eigenvalue weighted by atomic mass is 9.97. The van der Waals surface area contributed by atoms with E-state index >= 15 is 0 Å². The SMILES string of the molecule is CCc1ccc(CCN)c2ccccc12. The largest absolute Gasteiger partial charge is 0.330 e. The second-order valence-corrected chi connectivity index (χ2v) is 3.82. The zero-order chi connectivity index (χ0) is 10.7. The van der Waals surface area contributed by atoms with Gasteiger partial charge in [-0.2, -0.15) is 0 Å². The van der Waals surface area contributed by atoms with E-state index in [0.29, 0.717) is 0 Å². The van der Waals surface area contributed by atoms with Crippen molar-refractivity contribution in [2.24, 2.45) is 5.73 Å². The number of nitrogens with two attached hydrogens (primary N) is 1. The summed E-state index contributed by atoms with van der Waals surface area (Å²) in [5.41, 5.74) is 8.41. The van der Waals surface area contributed by atoms with E-state index in [0.717, 1.165) is 19.4 Å². The molecule has 0 heterocycles. The predicted molar refractivity (Wildman–Crippen MR) is 66.1 cm³/mol. The predicted octanol–water partition coefficient (Wildman–Crippen LogP) is 2.90. The van der Waals surface area contributed by atoms with Gasteiger partial charge in [-0.15, -0.1) is 0 Å². The van der Waals surface area contributed by atoms with Gasteiger partial charge in [0, 0.05) is 0 Å². The molecule has 2 rings (SSSR count). The zero-order valence-electron chi connectivity index (χ0n) is 9.16. The standard InChI is InChI=1S/C14H17N/c1-2-11-7-8-12(9-10-15)14-6-4-3-5-13(11)14/h3-8H,2,9-10,15H2,1H3. The van der Waals surface area contributed by atoms with Gasteiger partial charge >= 0.3 is 0 Å². The first kappa shape index (κ1) is 10.2. The zero-order valence-corrected chi connectivity index (χ0v) is 9.16. The minimum absolute atomic E-state index is 0.718. The smallest absolute Gasteiger partial charge is 0.00365 e. The van der Waals surface area contributed by atoms with Crippen molar-refractivity contribution in [2.75, 3.05) is 6.54 Å². The van der Waals surface area contributed by atoms with Gasteiger partial charge in [0.05, 0.1) is 0 Å². The highest BCUT2D eigenvalue weighted by atomic mass is 14.5. The molecule has 15 heavy (non-hydrogen) atoms. The van der Waals surface area contributed by atoms with Gasteiger partial charge in [-0.1, -0.05) is 43.3 Å². The average molecular weight is 199 g/mol. The van der Waals surface area contributed by atoms with Gasteiger partial charge in [0.2, 0.25) is 0 Å². The molecule has 0 aliphatic rings. The van der Waals surface area contributed by atoms with E-state index in [1.54, 1.807) is 0 Å². The summed E-state index contributed by atoms with van der Waals surface area (Å²) in [6, 6.07) is 13.0. The van der Waals surface area contributed by atoms with Gasteiger partial charge in [0.25, 0.3) is 0 Å². The molecule has 2 N–H and O–H groups in total. The molecular formula is C14H17N. The van der Waals surface area contributed by atoms with E-state index < -0.39 is 0 Å². The molecule has 0 aliphatic carbocycles. The number of hydrogen-bond acceptors (Lipinski definition) is 1. The maximum Gasteiger partial charge on any atom is -0.00365 e. The van der Waals surface area contributed by atoms with E-state index in [1.165, 1.54) is 21.9 Å². The number of fused-ring (bicyclic) bond motifs is 1. The topological polar surface area (TPSA) is 26.0 Å². The second-order valence-electron chi connectivity index (χ2n) is 3.82. The number of hydrogen-bond donors (Lipinski definition) is 1. The highest BCUT2D eigenvalue weighted by Crippen LogP contribution is 2.23. The molecule has 0 amide bonds. The van der Waals surface area contributed by atoms with Crippen molar-refractivity contribution >= 4 is 10.8 Å². The third-order valence-corrected chi connectivity index (χ3v) is 2.90. The van der Waals surface area contributed by atoms with Crippen LogP contribution in [0, 0.1) is 0 Å². The van der Waals surface area contributed by atoms with Crippen LogP contribution >= 0.6 is 0 Å². The number of rotatable bonds is 3.